The molecule has 1 aromatic carbocycles. The first-order valence-corrected chi connectivity index (χ1v) is 8.96. The molecule has 2 unspecified atom stereocenters. The first-order chi connectivity index (χ1) is 11.2. The van der Waals surface area contributed by atoms with Crippen molar-refractivity contribution < 1.29 is 9.53 Å². The molecule has 0 spiro atoms. The molecule has 2 bridgehead atoms. The Bertz CT molecular complexity index is 673. The maximum Gasteiger partial charge on any atom is 0.411 e. The van der Waals surface area contributed by atoms with Crippen molar-refractivity contribution in [3.8, 4) is 0 Å². The minimum atomic E-state index is -0.440. The molecule has 3 rings (SSSR count). The van der Waals surface area contributed by atoms with Crippen LogP contribution in [0.5, 0.6) is 0 Å². The summed E-state index contributed by atoms with van der Waals surface area (Å²) < 4.78 is 5.62. The molecule has 3 nitrogen and oxygen atoms in total. The highest BCUT2D eigenvalue weighted by Crippen LogP contribution is 2.41. The highest BCUT2D eigenvalue weighted by molar-refractivity contribution is 5.77. The van der Waals surface area contributed by atoms with Crippen LogP contribution in [0.2, 0.25) is 0 Å². The van der Waals surface area contributed by atoms with Gasteiger partial charge in [-0.15, -0.1) is 0 Å². The topological polar surface area (TPSA) is 29.5 Å². The van der Waals surface area contributed by atoms with E-state index in [4.69, 9.17) is 4.74 Å². The molecule has 24 heavy (non-hydrogen) atoms. The fourth-order valence-corrected chi connectivity index (χ4v) is 4.30. The molecule has 2 atom stereocenters. The van der Waals surface area contributed by atoms with Gasteiger partial charge in [-0.05, 0) is 83.1 Å². The van der Waals surface area contributed by atoms with Gasteiger partial charge in [0, 0.05) is 6.04 Å². The summed E-state index contributed by atoms with van der Waals surface area (Å²) in [6.45, 7) is 12.3. The maximum atomic E-state index is 12.6. The van der Waals surface area contributed by atoms with Crippen LogP contribution < -0.4 is 0 Å². The van der Waals surface area contributed by atoms with Crippen molar-refractivity contribution in [1.29, 1.82) is 0 Å². The third-order valence-electron chi connectivity index (χ3n) is 5.00. The zero-order chi connectivity index (χ0) is 17.6. The average Bonchev–Trinajstić information content (AvgIpc) is 2.67. The maximum absolute atomic E-state index is 12.6. The predicted molar refractivity (Wildman–Crippen MR) is 98.1 cm³/mol. The first-order valence-electron chi connectivity index (χ1n) is 8.96. The molecule has 2 aliphatic rings. The molecule has 1 saturated heterocycles. The fraction of sp³-hybridized carbons (Fsp3) is 0.571. The Morgan fingerprint density at radius 2 is 1.75 bits per heavy atom. The van der Waals surface area contributed by atoms with Crippen molar-refractivity contribution in [1.82, 2.24) is 4.90 Å². The zero-order valence-corrected chi connectivity index (χ0v) is 15.8. The Morgan fingerprint density at radius 3 is 2.29 bits per heavy atom. The van der Waals surface area contributed by atoms with E-state index in [1.807, 2.05) is 25.7 Å². The second-order valence-electron chi connectivity index (χ2n) is 8.36. The van der Waals surface area contributed by atoms with Crippen molar-refractivity contribution in [2.75, 3.05) is 0 Å². The van der Waals surface area contributed by atoms with E-state index < -0.39 is 5.60 Å². The van der Waals surface area contributed by atoms with E-state index in [1.54, 1.807) is 0 Å². The summed E-state index contributed by atoms with van der Waals surface area (Å²) in [5.74, 6) is 0. The van der Waals surface area contributed by atoms with Crippen molar-refractivity contribution in [2.45, 2.75) is 78.5 Å². The largest absolute Gasteiger partial charge is 0.444 e. The SMILES string of the molecule is Cc1cc(C)c(C2=CC3CCC(C2)N3C(=O)OC(C)(C)C)c(C)c1. The predicted octanol–water partition coefficient (Wildman–Crippen LogP) is 5.17. The Labute approximate surface area is 145 Å². The number of fused-ring (bicyclic) bond motifs is 2. The standard InChI is InChI=1S/C21H29NO2/c1-13-9-14(2)19(15(3)10-13)16-11-17-7-8-18(12-16)22(17)20(23)24-21(4,5)6/h9-11,17-18H,7-8,12H2,1-6H3. The lowest BCUT2D eigenvalue weighted by atomic mass is 9.88. The first kappa shape index (κ1) is 17.1. The molecule has 1 amide bonds. The lowest BCUT2D eigenvalue weighted by molar-refractivity contribution is 0.0175. The Hall–Kier alpha value is -1.77. The van der Waals surface area contributed by atoms with Crippen LogP contribution in [0.3, 0.4) is 0 Å². The van der Waals surface area contributed by atoms with Gasteiger partial charge in [-0.3, -0.25) is 4.90 Å². The number of ether oxygens (including phenoxy) is 1. The number of benzene rings is 1. The van der Waals surface area contributed by atoms with Gasteiger partial charge in [0.2, 0.25) is 0 Å². The number of carbonyl (C=O) groups is 1. The molecule has 2 aliphatic heterocycles. The molecule has 0 aliphatic carbocycles. The van der Waals surface area contributed by atoms with Crippen molar-refractivity contribution in [3.05, 3.63) is 40.5 Å². The smallest absolute Gasteiger partial charge is 0.411 e. The molecule has 1 aromatic rings. The van der Waals surface area contributed by atoms with Gasteiger partial charge in [-0.2, -0.15) is 0 Å². The Morgan fingerprint density at radius 1 is 1.12 bits per heavy atom. The fourth-order valence-electron chi connectivity index (χ4n) is 4.30. The van der Waals surface area contributed by atoms with Gasteiger partial charge in [-0.1, -0.05) is 23.8 Å². The number of hydrogen-bond donors (Lipinski definition) is 0. The van der Waals surface area contributed by atoms with Crippen LogP contribution >= 0.6 is 0 Å². The highest BCUT2D eigenvalue weighted by atomic mass is 16.6. The average molecular weight is 327 g/mol. The highest BCUT2D eigenvalue weighted by Gasteiger charge is 2.41. The van der Waals surface area contributed by atoms with Gasteiger partial charge in [0.1, 0.15) is 5.60 Å². The van der Waals surface area contributed by atoms with Gasteiger partial charge in [0.25, 0.3) is 0 Å². The summed E-state index contributed by atoms with van der Waals surface area (Å²) in [5.41, 5.74) is 6.32. The molecule has 0 N–H and O–H groups in total. The molecule has 130 valence electrons. The quantitative estimate of drug-likeness (QED) is 0.712. The monoisotopic (exact) mass is 327 g/mol. The van der Waals surface area contributed by atoms with Crippen LogP contribution in [0.15, 0.2) is 18.2 Å². The lowest BCUT2D eigenvalue weighted by Gasteiger charge is -2.36. The van der Waals surface area contributed by atoms with Gasteiger partial charge >= 0.3 is 6.09 Å². The number of hydrogen-bond acceptors (Lipinski definition) is 2. The lowest BCUT2D eigenvalue weighted by Crippen LogP contribution is -2.45. The number of amides is 1. The van der Waals surface area contributed by atoms with E-state index >= 15 is 0 Å². The van der Waals surface area contributed by atoms with Crippen molar-refractivity contribution in [2.24, 2.45) is 0 Å². The normalized spacial score (nSPS) is 23.2. The molecular formula is C21H29NO2. The summed E-state index contributed by atoms with van der Waals surface area (Å²) in [7, 11) is 0. The number of rotatable bonds is 1. The second-order valence-corrected chi connectivity index (χ2v) is 8.36. The van der Waals surface area contributed by atoms with Gasteiger partial charge < -0.3 is 4.74 Å². The Kier molecular flexibility index (Phi) is 4.23. The Balaban J connectivity index is 1.89. The molecule has 0 aromatic heterocycles. The third kappa shape index (κ3) is 3.22. The second kappa shape index (κ2) is 5.94. The molecule has 2 heterocycles. The molecule has 3 heteroatoms. The minimum Gasteiger partial charge on any atom is -0.444 e. The summed E-state index contributed by atoms with van der Waals surface area (Å²) in [4.78, 5) is 14.5. The number of carbonyl (C=O) groups excluding carboxylic acids is 1. The number of nitrogens with zero attached hydrogens (tertiary/aromatic N) is 1. The summed E-state index contributed by atoms with van der Waals surface area (Å²) in [6.07, 6.45) is 5.17. The van der Waals surface area contributed by atoms with Gasteiger partial charge in [0.15, 0.2) is 0 Å². The third-order valence-corrected chi connectivity index (χ3v) is 5.00. The molecule has 1 fully saturated rings. The zero-order valence-electron chi connectivity index (χ0n) is 15.8. The molecular weight excluding hydrogens is 298 g/mol. The summed E-state index contributed by atoms with van der Waals surface area (Å²) in [5, 5.41) is 0. The summed E-state index contributed by atoms with van der Waals surface area (Å²) >= 11 is 0. The van der Waals surface area contributed by atoms with Crippen LogP contribution in [-0.4, -0.2) is 28.7 Å². The van der Waals surface area contributed by atoms with Crippen LogP contribution in [0.25, 0.3) is 5.57 Å². The summed E-state index contributed by atoms with van der Waals surface area (Å²) in [6, 6.07) is 4.95. The van der Waals surface area contributed by atoms with Crippen molar-refractivity contribution >= 4 is 11.7 Å². The van der Waals surface area contributed by atoms with E-state index in [9.17, 15) is 4.79 Å². The van der Waals surface area contributed by atoms with E-state index in [0.717, 1.165) is 19.3 Å². The number of aryl methyl sites for hydroxylation is 3. The van der Waals surface area contributed by atoms with E-state index in [-0.39, 0.29) is 18.2 Å². The molecule has 0 radical (unpaired) electrons. The van der Waals surface area contributed by atoms with Gasteiger partial charge in [-0.25, -0.2) is 4.79 Å². The molecule has 0 saturated carbocycles. The van der Waals surface area contributed by atoms with Gasteiger partial charge in [0.05, 0.1) is 6.04 Å². The van der Waals surface area contributed by atoms with Crippen LogP contribution in [0, 0.1) is 20.8 Å². The van der Waals surface area contributed by atoms with E-state index in [0.29, 0.717) is 0 Å². The van der Waals surface area contributed by atoms with Crippen LogP contribution in [0.4, 0.5) is 4.79 Å². The minimum absolute atomic E-state index is 0.164. The van der Waals surface area contributed by atoms with Crippen LogP contribution in [0.1, 0.15) is 62.3 Å². The van der Waals surface area contributed by atoms with Crippen molar-refractivity contribution in [3.63, 3.8) is 0 Å². The van der Waals surface area contributed by atoms with E-state index in [1.165, 1.54) is 27.8 Å². The van der Waals surface area contributed by atoms with Crippen LogP contribution in [-0.2, 0) is 4.74 Å². The van der Waals surface area contributed by atoms with E-state index in [2.05, 4.69) is 39.0 Å².